The molecule has 1 rings (SSSR count). The van der Waals surface area contributed by atoms with Gasteiger partial charge in [-0.15, -0.1) is 24.0 Å². The molecule has 0 atom stereocenters. The van der Waals surface area contributed by atoms with E-state index in [-0.39, 0.29) is 24.0 Å². The van der Waals surface area contributed by atoms with Crippen LogP contribution in [0.1, 0.15) is 37.8 Å². The molecule has 0 fully saturated rings. The van der Waals surface area contributed by atoms with Crippen molar-refractivity contribution in [1.29, 1.82) is 0 Å². The van der Waals surface area contributed by atoms with Crippen LogP contribution >= 0.6 is 24.0 Å². The van der Waals surface area contributed by atoms with Crippen molar-refractivity contribution < 1.29 is 0 Å². The molecule has 132 valence electrons. The summed E-state index contributed by atoms with van der Waals surface area (Å²) in [4.78, 5) is 9.18. The lowest BCUT2D eigenvalue weighted by molar-refractivity contribution is 0.402. The Morgan fingerprint density at radius 2 is 1.83 bits per heavy atom. The summed E-state index contributed by atoms with van der Waals surface area (Å²) in [6.07, 6.45) is 2.40. The van der Waals surface area contributed by atoms with Gasteiger partial charge in [0, 0.05) is 26.7 Å². The van der Waals surface area contributed by atoms with Crippen molar-refractivity contribution in [3.8, 4) is 0 Å². The average molecular weight is 432 g/mol. The Morgan fingerprint density at radius 1 is 1.13 bits per heavy atom. The first-order chi connectivity index (χ1) is 10.6. The molecule has 1 aromatic rings. The highest BCUT2D eigenvalue weighted by atomic mass is 127. The topological polar surface area (TPSA) is 30.9 Å². The average Bonchev–Trinajstić information content (AvgIpc) is 2.48. The lowest BCUT2D eigenvalue weighted by Crippen LogP contribution is -2.39. The maximum Gasteiger partial charge on any atom is 0.193 e. The van der Waals surface area contributed by atoms with E-state index in [4.69, 9.17) is 4.99 Å². The molecule has 23 heavy (non-hydrogen) atoms. The lowest BCUT2D eigenvalue weighted by atomic mass is 10.1. The molecule has 0 saturated carbocycles. The van der Waals surface area contributed by atoms with Crippen molar-refractivity contribution in [2.24, 2.45) is 4.99 Å². The first-order valence-corrected chi connectivity index (χ1v) is 8.28. The number of unbranched alkanes of at least 4 members (excludes halogenated alkanes) is 1. The van der Waals surface area contributed by atoms with Gasteiger partial charge in [0.1, 0.15) is 0 Å². The number of nitrogens with zero attached hydrogens (tertiary/aromatic N) is 3. The van der Waals surface area contributed by atoms with Crippen LogP contribution in [0.2, 0.25) is 0 Å². The van der Waals surface area contributed by atoms with E-state index in [9.17, 15) is 0 Å². The van der Waals surface area contributed by atoms with Gasteiger partial charge in [0.2, 0.25) is 0 Å². The van der Waals surface area contributed by atoms with E-state index in [0.29, 0.717) is 0 Å². The van der Waals surface area contributed by atoms with Gasteiger partial charge in [0.05, 0.1) is 6.54 Å². The van der Waals surface area contributed by atoms with E-state index >= 15 is 0 Å². The van der Waals surface area contributed by atoms with Gasteiger partial charge in [-0.05, 0) is 38.6 Å². The Kier molecular flexibility index (Phi) is 12.1. The van der Waals surface area contributed by atoms with Gasteiger partial charge in [0.25, 0.3) is 0 Å². The first kappa shape index (κ1) is 22.2. The number of rotatable bonds is 8. The van der Waals surface area contributed by atoms with E-state index in [1.807, 2.05) is 0 Å². The predicted octanol–water partition coefficient (Wildman–Crippen LogP) is 3.56. The second-order valence-corrected chi connectivity index (χ2v) is 6.00. The fraction of sp³-hybridized carbons (Fsp3) is 0.611. The zero-order chi connectivity index (χ0) is 16.4. The largest absolute Gasteiger partial charge is 0.357 e. The summed E-state index contributed by atoms with van der Waals surface area (Å²) in [7, 11) is 6.30. The van der Waals surface area contributed by atoms with Gasteiger partial charge in [-0.25, -0.2) is 4.99 Å². The monoisotopic (exact) mass is 432 g/mol. The summed E-state index contributed by atoms with van der Waals surface area (Å²) in [5, 5.41) is 3.38. The number of nitrogens with one attached hydrogen (secondary N) is 1. The van der Waals surface area contributed by atoms with E-state index in [2.05, 4.69) is 74.4 Å². The molecule has 0 aliphatic rings. The van der Waals surface area contributed by atoms with Crippen LogP contribution < -0.4 is 5.32 Å². The van der Waals surface area contributed by atoms with Crippen molar-refractivity contribution in [3.05, 3.63) is 35.4 Å². The molecule has 0 saturated heterocycles. The van der Waals surface area contributed by atoms with Crippen LogP contribution in [-0.4, -0.2) is 50.0 Å². The van der Waals surface area contributed by atoms with Gasteiger partial charge in [0.15, 0.2) is 5.96 Å². The SMILES string of the molecule is CCCCN(C)C(=NCc1cccc(CN(C)C)c1)NCC.I. The number of aliphatic imine (C=N–C) groups is 1. The molecular formula is C18H33IN4. The molecule has 4 nitrogen and oxygen atoms in total. The molecule has 5 heteroatoms. The second kappa shape index (κ2) is 12.6. The summed E-state index contributed by atoms with van der Waals surface area (Å²) in [5.41, 5.74) is 2.60. The van der Waals surface area contributed by atoms with Crippen LogP contribution in [0.5, 0.6) is 0 Å². The standard InChI is InChI=1S/C18H32N4.HI/c1-6-8-12-22(5)18(19-7-2)20-14-16-10-9-11-17(13-16)15-21(3)4;/h9-11,13H,6-8,12,14-15H2,1-5H3,(H,19,20);1H. The normalized spacial score (nSPS) is 11.3. The predicted molar refractivity (Wildman–Crippen MR) is 112 cm³/mol. The first-order valence-electron chi connectivity index (χ1n) is 8.28. The number of halogens is 1. The molecule has 1 N–H and O–H groups in total. The van der Waals surface area contributed by atoms with Crippen molar-refractivity contribution in [2.75, 3.05) is 34.2 Å². The van der Waals surface area contributed by atoms with E-state index in [1.54, 1.807) is 0 Å². The Labute approximate surface area is 159 Å². The highest BCUT2D eigenvalue weighted by Gasteiger charge is 2.05. The maximum absolute atomic E-state index is 4.77. The summed E-state index contributed by atoms with van der Waals surface area (Å²) in [6.45, 7) is 7.96. The minimum Gasteiger partial charge on any atom is -0.357 e. The highest BCUT2D eigenvalue weighted by molar-refractivity contribution is 14.0. The van der Waals surface area contributed by atoms with Crippen LogP contribution in [0.25, 0.3) is 0 Å². The van der Waals surface area contributed by atoms with Crippen LogP contribution in [0.3, 0.4) is 0 Å². The van der Waals surface area contributed by atoms with E-state index in [0.717, 1.165) is 32.1 Å². The molecule has 0 unspecified atom stereocenters. The molecule has 0 spiro atoms. The summed E-state index contributed by atoms with van der Waals surface area (Å²) >= 11 is 0. The molecule has 0 aliphatic heterocycles. The van der Waals surface area contributed by atoms with Crippen LogP contribution in [0.4, 0.5) is 0 Å². The summed E-state index contributed by atoms with van der Waals surface area (Å²) in [5.74, 6) is 0.994. The minimum atomic E-state index is 0. The Morgan fingerprint density at radius 3 is 2.43 bits per heavy atom. The Balaban J connectivity index is 0.00000484. The molecule has 0 amide bonds. The van der Waals surface area contributed by atoms with Crippen LogP contribution in [0, 0.1) is 0 Å². The van der Waals surface area contributed by atoms with Gasteiger partial charge in [-0.3, -0.25) is 0 Å². The third kappa shape index (κ3) is 9.15. The minimum absolute atomic E-state index is 0. The van der Waals surface area contributed by atoms with Gasteiger partial charge >= 0.3 is 0 Å². The third-order valence-electron chi connectivity index (χ3n) is 3.45. The summed E-state index contributed by atoms with van der Waals surface area (Å²) in [6, 6.07) is 8.70. The van der Waals surface area contributed by atoms with Crippen molar-refractivity contribution in [2.45, 2.75) is 39.8 Å². The van der Waals surface area contributed by atoms with E-state index in [1.165, 1.54) is 24.0 Å². The van der Waals surface area contributed by atoms with Crippen molar-refractivity contribution >= 4 is 29.9 Å². The van der Waals surface area contributed by atoms with Crippen molar-refractivity contribution in [3.63, 3.8) is 0 Å². The lowest BCUT2D eigenvalue weighted by Gasteiger charge is -2.21. The Bertz CT molecular complexity index is 460. The molecule has 0 heterocycles. The smallest absolute Gasteiger partial charge is 0.193 e. The molecule has 0 bridgehead atoms. The fourth-order valence-corrected chi connectivity index (χ4v) is 2.33. The Hall–Kier alpha value is -0.820. The quantitative estimate of drug-likeness (QED) is 0.387. The second-order valence-electron chi connectivity index (χ2n) is 6.00. The van der Waals surface area contributed by atoms with Crippen LogP contribution in [0.15, 0.2) is 29.3 Å². The highest BCUT2D eigenvalue weighted by Crippen LogP contribution is 2.08. The maximum atomic E-state index is 4.77. The number of hydrogen-bond donors (Lipinski definition) is 1. The number of benzene rings is 1. The number of hydrogen-bond acceptors (Lipinski definition) is 2. The van der Waals surface area contributed by atoms with E-state index < -0.39 is 0 Å². The van der Waals surface area contributed by atoms with Crippen molar-refractivity contribution in [1.82, 2.24) is 15.1 Å². The fourth-order valence-electron chi connectivity index (χ4n) is 2.33. The molecule has 0 aliphatic carbocycles. The third-order valence-corrected chi connectivity index (χ3v) is 3.45. The molecule has 1 aromatic carbocycles. The van der Waals surface area contributed by atoms with Gasteiger partial charge in [-0.2, -0.15) is 0 Å². The number of guanidine groups is 1. The zero-order valence-electron chi connectivity index (χ0n) is 15.3. The molecular weight excluding hydrogens is 399 g/mol. The van der Waals surface area contributed by atoms with Gasteiger partial charge in [-0.1, -0.05) is 37.6 Å². The summed E-state index contributed by atoms with van der Waals surface area (Å²) < 4.78 is 0. The van der Waals surface area contributed by atoms with Gasteiger partial charge < -0.3 is 15.1 Å². The zero-order valence-corrected chi connectivity index (χ0v) is 17.6. The molecule has 0 radical (unpaired) electrons. The molecule has 0 aromatic heterocycles. The van der Waals surface area contributed by atoms with Crippen LogP contribution in [-0.2, 0) is 13.1 Å².